The number of carbonyl (C=O) groups excluding carboxylic acids is 2. The van der Waals surface area contributed by atoms with Crippen molar-refractivity contribution >= 4 is 24.6 Å². The first-order valence-electron chi connectivity index (χ1n) is 13.3. The third-order valence-corrected chi connectivity index (χ3v) is 8.63. The van der Waals surface area contributed by atoms with E-state index in [-0.39, 0.29) is 52.5 Å². The molecule has 0 bridgehead atoms. The number of nitrogens with zero attached hydrogens (tertiary/aromatic N) is 1. The summed E-state index contributed by atoms with van der Waals surface area (Å²) in [7, 11) is 7.37. The van der Waals surface area contributed by atoms with Gasteiger partial charge in [-0.15, -0.1) is 0 Å². The van der Waals surface area contributed by atoms with Crippen LogP contribution in [0.15, 0.2) is 59.1 Å². The van der Waals surface area contributed by atoms with Gasteiger partial charge in [-0.1, -0.05) is 0 Å². The summed E-state index contributed by atoms with van der Waals surface area (Å²) in [6.45, 7) is 0.0848. The number of aryl methyl sites for hydroxylation is 1. The van der Waals surface area contributed by atoms with Gasteiger partial charge in [-0.2, -0.15) is 0 Å². The van der Waals surface area contributed by atoms with Crippen LogP contribution in [-0.2, 0) is 17.6 Å². The van der Waals surface area contributed by atoms with Crippen molar-refractivity contribution in [2.45, 2.75) is 37.3 Å². The van der Waals surface area contributed by atoms with Crippen LogP contribution in [0.4, 0.5) is 0 Å². The van der Waals surface area contributed by atoms with E-state index >= 15 is 0 Å². The number of phenols is 1. The normalized spacial score (nSPS) is 26.1. The second-order valence-corrected chi connectivity index (χ2v) is 11.3. The molecule has 8 N–H and O–H groups in total. The number of aliphatic hydroxyl groups excluding tert-OH is 3. The summed E-state index contributed by atoms with van der Waals surface area (Å²) in [5.41, 5.74) is 14.8. The predicted molar refractivity (Wildman–Crippen MR) is 154 cm³/mol. The van der Waals surface area contributed by atoms with E-state index in [1.165, 1.54) is 6.07 Å². The number of benzene rings is 2. The second kappa shape index (κ2) is 10.0. The first-order chi connectivity index (χ1) is 18.9. The van der Waals surface area contributed by atoms with Crippen molar-refractivity contribution in [3.05, 3.63) is 75.8 Å². The number of rotatable bonds is 6. The number of aromatic hydroxyl groups is 1. The van der Waals surface area contributed by atoms with Crippen molar-refractivity contribution in [3.63, 3.8) is 0 Å². The Morgan fingerprint density at radius 1 is 1.15 bits per heavy atom. The zero-order valence-electron chi connectivity index (χ0n) is 22.6. The first kappa shape index (κ1) is 27.8. The molecule has 3 aliphatic carbocycles. The zero-order chi connectivity index (χ0) is 29.1. The van der Waals surface area contributed by atoms with Gasteiger partial charge in [0.2, 0.25) is 0 Å². The Hall–Kier alpha value is -3.73. The van der Waals surface area contributed by atoms with Crippen molar-refractivity contribution in [2.75, 3.05) is 20.7 Å². The monoisotopic (exact) mass is 543 g/mol. The molecule has 208 valence electrons. The molecule has 10 heteroatoms. The average molecular weight is 543 g/mol. The number of fused-ring (bicyclic) bond motifs is 3. The Morgan fingerprint density at radius 2 is 1.88 bits per heavy atom. The maximum absolute atomic E-state index is 14.0. The Bertz CT molecular complexity index is 1510. The van der Waals surface area contributed by atoms with Crippen LogP contribution >= 0.6 is 0 Å². The molecule has 0 saturated heterocycles. The van der Waals surface area contributed by atoms with Crippen LogP contribution in [0.5, 0.6) is 5.75 Å². The summed E-state index contributed by atoms with van der Waals surface area (Å²) in [5, 5.41) is 42.9. The van der Waals surface area contributed by atoms with Gasteiger partial charge < -0.3 is 5.11 Å². The van der Waals surface area contributed by atoms with Crippen molar-refractivity contribution in [3.8, 4) is 16.9 Å². The SMILES string of the molecule is B=C1C(C(N)=O)=C(O)[C@@H](N(C)C)[C@]2(N)C[C@@H]3Cc4c(-c5cccc(CCCO)c5)ccc(O)c4C(=O)C3=C(O)C12. The molecule has 0 aliphatic heterocycles. The fraction of sp³-hybridized carbons (Fsp3) is 0.367. The molecule has 2 aromatic carbocycles. The van der Waals surface area contributed by atoms with Crippen LogP contribution in [-0.4, -0.2) is 82.3 Å². The van der Waals surface area contributed by atoms with Gasteiger partial charge in [0.25, 0.3) is 0 Å². The number of aliphatic hydroxyl groups is 3. The standard InChI is InChI=1S/C30H34BN3O6/c1-34(2)28-27(39)22(29(32)40)24(31)23-26(38)20-16(13-30(23,28)33)12-18-17(8-9-19(36)21(18)25(20)37)15-7-3-5-14(11-15)6-4-10-35/h3,5,7-9,11,16,23,28,31,35-36,38-39H,4,6,10,12-13,33H2,1-2H3,(H2,32,40)/t16-,23?,28+,30-/m0/s1. The Morgan fingerprint density at radius 3 is 2.52 bits per heavy atom. The van der Waals surface area contributed by atoms with Crippen molar-refractivity contribution in [1.82, 2.24) is 4.90 Å². The molecule has 9 nitrogen and oxygen atoms in total. The molecule has 0 radical (unpaired) electrons. The van der Waals surface area contributed by atoms with E-state index in [1.807, 2.05) is 24.3 Å². The van der Waals surface area contributed by atoms with Crippen LogP contribution in [0.2, 0.25) is 0 Å². The Balaban J connectivity index is 1.67. The van der Waals surface area contributed by atoms with Crippen molar-refractivity contribution < 1.29 is 30.0 Å². The summed E-state index contributed by atoms with van der Waals surface area (Å²) in [6.07, 6.45) is 1.84. The second-order valence-electron chi connectivity index (χ2n) is 11.3. The third-order valence-electron chi connectivity index (χ3n) is 8.63. The minimum atomic E-state index is -1.30. The Labute approximate surface area is 233 Å². The van der Waals surface area contributed by atoms with E-state index in [0.717, 1.165) is 16.7 Å². The van der Waals surface area contributed by atoms with Gasteiger partial charge in [0.15, 0.2) is 0 Å². The average Bonchev–Trinajstić information content (AvgIpc) is 2.86. The van der Waals surface area contributed by atoms with E-state index in [2.05, 4.69) is 7.49 Å². The molecule has 4 atom stereocenters. The number of nitrogens with two attached hydrogens (primary N) is 2. The van der Waals surface area contributed by atoms with E-state index in [1.54, 1.807) is 25.1 Å². The topological polar surface area (TPSA) is 170 Å². The van der Waals surface area contributed by atoms with Crippen LogP contribution in [0.3, 0.4) is 0 Å². The van der Waals surface area contributed by atoms with Gasteiger partial charge in [0.1, 0.15) is 0 Å². The van der Waals surface area contributed by atoms with Gasteiger partial charge in [0.05, 0.1) is 0 Å². The van der Waals surface area contributed by atoms with Gasteiger partial charge >= 0.3 is 215 Å². The molecule has 1 amide bonds. The van der Waals surface area contributed by atoms with Gasteiger partial charge in [-0.25, -0.2) is 0 Å². The molecule has 1 unspecified atom stereocenters. The van der Waals surface area contributed by atoms with Crippen LogP contribution in [0.25, 0.3) is 11.1 Å². The molecular formula is C30H34BN3O6. The number of hydrogen-bond donors (Lipinski definition) is 6. The molecule has 0 fully saturated rings. The van der Waals surface area contributed by atoms with Gasteiger partial charge in [0, 0.05) is 6.61 Å². The number of likely N-dealkylation sites (N-methyl/N-ethyl adjacent to an activating group) is 1. The predicted octanol–water partition coefficient (Wildman–Crippen LogP) is 1.18. The quantitative estimate of drug-likeness (QED) is 0.295. The Kier molecular flexibility index (Phi) is 6.98. The fourth-order valence-electron chi connectivity index (χ4n) is 7.14. The van der Waals surface area contributed by atoms with E-state index in [9.17, 15) is 30.0 Å². The summed E-state index contributed by atoms with van der Waals surface area (Å²) in [6, 6.07) is 10.2. The van der Waals surface area contributed by atoms with E-state index in [0.29, 0.717) is 24.8 Å². The number of phenolic OH excluding ortho intramolecular Hbond substituents is 1. The van der Waals surface area contributed by atoms with Gasteiger partial charge in [-0.3, -0.25) is 0 Å². The molecule has 0 saturated carbocycles. The van der Waals surface area contributed by atoms with Crippen LogP contribution in [0, 0.1) is 11.8 Å². The molecule has 5 rings (SSSR count). The summed E-state index contributed by atoms with van der Waals surface area (Å²) in [5.74, 6) is -3.77. The van der Waals surface area contributed by atoms with Crippen molar-refractivity contribution in [1.29, 1.82) is 0 Å². The molecule has 40 heavy (non-hydrogen) atoms. The number of allylic oxidation sites excluding steroid dienone is 1. The van der Waals surface area contributed by atoms with E-state index in [4.69, 9.17) is 11.5 Å². The number of Topliss-reactive ketones (excluding diaryl/α,β-unsaturated/α-hetero) is 1. The number of hydrogen-bond acceptors (Lipinski definition) is 8. The van der Waals surface area contributed by atoms with Gasteiger partial charge in [-0.05, 0) is 6.42 Å². The molecular weight excluding hydrogens is 509 g/mol. The molecule has 0 aromatic heterocycles. The molecule has 0 spiro atoms. The summed E-state index contributed by atoms with van der Waals surface area (Å²) >= 11 is 0. The number of carbonyl (C=O) groups is 2. The number of ketones is 1. The molecule has 2 aromatic rings. The molecule has 3 aliphatic rings. The van der Waals surface area contributed by atoms with E-state index < -0.39 is 35.1 Å². The number of primary amides is 1. The zero-order valence-corrected chi connectivity index (χ0v) is 22.6. The van der Waals surface area contributed by atoms with Crippen LogP contribution in [0.1, 0.15) is 34.3 Å². The fourth-order valence-corrected chi connectivity index (χ4v) is 7.14. The van der Waals surface area contributed by atoms with Crippen molar-refractivity contribution in [2.24, 2.45) is 23.3 Å². The summed E-state index contributed by atoms with van der Waals surface area (Å²) in [4.78, 5) is 28.0. The first-order valence-corrected chi connectivity index (χ1v) is 13.3. The number of amides is 1. The van der Waals surface area contributed by atoms with Crippen LogP contribution < -0.4 is 11.5 Å². The third kappa shape index (κ3) is 4.09. The molecule has 0 heterocycles. The maximum atomic E-state index is 14.0. The summed E-state index contributed by atoms with van der Waals surface area (Å²) < 4.78 is 0. The minimum absolute atomic E-state index is 0.0605.